The number of ether oxygens (including phenoxy) is 3. The normalized spacial score (nSPS) is 21.3. The molecular weight excluding hydrogens is 350 g/mol. The summed E-state index contributed by atoms with van der Waals surface area (Å²) < 4.78 is 15.9. The van der Waals surface area contributed by atoms with Gasteiger partial charge in [-0.3, -0.25) is 9.59 Å². The second-order valence-corrected chi connectivity index (χ2v) is 7.09. The molecule has 1 spiro atoms. The van der Waals surface area contributed by atoms with Crippen LogP contribution in [0.1, 0.15) is 12.8 Å². The maximum atomic E-state index is 12.6. The molecule has 1 unspecified atom stereocenters. The number of hydrogen-bond donors (Lipinski definition) is 2. The fraction of sp³-hybridized carbons (Fsp3) is 0.579. The molecule has 1 atom stereocenters. The quantitative estimate of drug-likeness (QED) is 0.576. The van der Waals surface area contributed by atoms with Crippen LogP contribution in [0, 0.1) is 5.41 Å². The van der Waals surface area contributed by atoms with Gasteiger partial charge < -0.3 is 30.2 Å². The Hall–Kier alpha value is -2.16. The first-order valence-electron chi connectivity index (χ1n) is 9.19. The Morgan fingerprint density at radius 3 is 2.85 bits per heavy atom. The molecule has 1 aromatic rings. The number of methoxy groups -OCH3 is 1. The van der Waals surface area contributed by atoms with Crippen LogP contribution in [0.25, 0.3) is 0 Å². The molecule has 27 heavy (non-hydrogen) atoms. The average molecular weight is 377 g/mol. The third-order valence-electron chi connectivity index (χ3n) is 5.33. The highest BCUT2D eigenvalue weighted by molar-refractivity contribution is 6.39. The molecule has 2 aliphatic heterocycles. The van der Waals surface area contributed by atoms with Crippen molar-refractivity contribution in [2.45, 2.75) is 18.9 Å². The van der Waals surface area contributed by atoms with Crippen LogP contribution < -0.4 is 15.8 Å². The van der Waals surface area contributed by atoms with Crippen molar-refractivity contribution in [1.82, 2.24) is 4.90 Å². The number of anilines is 1. The third-order valence-corrected chi connectivity index (χ3v) is 5.33. The van der Waals surface area contributed by atoms with Gasteiger partial charge in [0.05, 0.1) is 6.61 Å². The van der Waals surface area contributed by atoms with E-state index in [1.807, 2.05) is 0 Å². The summed E-state index contributed by atoms with van der Waals surface area (Å²) in [5.41, 5.74) is 6.67. The molecule has 8 heteroatoms. The third kappa shape index (κ3) is 4.58. The summed E-state index contributed by atoms with van der Waals surface area (Å²) in [6.07, 6.45) is 1.64. The molecule has 8 nitrogen and oxygen atoms in total. The Labute approximate surface area is 158 Å². The van der Waals surface area contributed by atoms with Crippen molar-refractivity contribution in [2.75, 3.05) is 51.9 Å². The molecule has 2 aliphatic rings. The fourth-order valence-corrected chi connectivity index (χ4v) is 3.69. The van der Waals surface area contributed by atoms with Crippen molar-refractivity contribution >= 4 is 17.5 Å². The molecule has 0 bridgehead atoms. The van der Waals surface area contributed by atoms with Crippen molar-refractivity contribution in [1.29, 1.82) is 0 Å². The first-order valence-corrected chi connectivity index (χ1v) is 9.19. The van der Waals surface area contributed by atoms with E-state index in [9.17, 15) is 9.59 Å². The predicted molar refractivity (Wildman–Crippen MR) is 99.5 cm³/mol. The van der Waals surface area contributed by atoms with Crippen LogP contribution in [0.15, 0.2) is 24.3 Å². The van der Waals surface area contributed by atoms with Crippen molar-refractivity contribution < 1.29 is 23.8 Å². The summed E-state index contributed by atoms with van der Waals surface area (Å²) in [6.45, 7) is 3.08. The van der Waals surface area contributed by atoms with E-state index < -0.39 is 11.8 Å². The maximum absolute atomic E-state index is 12.6. The Morgan fingerprint density at radius 1 is 1.33 bits per heavy atom. The minimum atomic E-state index is -0.666. The number of rotatable bonds is 5. The molecule has 1 aromatic carbocycles. The lowest BCUT2D eigenvalue weighted by atomic mass is 9.76. The average Bonchev–Trinajstić information content (AvgIpc) is 2.98. The fourth-order valence-electron chi connectivity index (χ4n) is 3.69. The number of amides is 2. The lowest BCUT2D eigenvalue weighted by Gasteiger charge is -2.36. The van der Waals surface area contributed by atoms with Crippen molar-refractivity contribution in [3.8, 4) is 5.75 Å². The lowest BCUT2D eigenvalue weighted by Crippen LogP contribution is -2.44. The minimum Gasteiger partial charge on any atom is -0.491 e. The van der Waals surface area contributed by atoms with Crippen LogP contribution in [-0.2, 0) is 19.1 Å². The number of nitrogens with one attached hydrogen (secondary N) is 1. The van der Waals surface area contributed by atoms with Gasteiger partial charge in [0.15, 0.2) is 0 Å². The molecule has 0 radical (unpaired) electrons. The van der Waals surface area contributed by atoms with Gasteiger partial charge in [0, 0.05) is 56.6 Å². The Kier molecular flexibility index (Phi) is 6.30. The summed E-state index contributed by atoms with van der Waals surface area (Å²) in [6, 6.07) is 6.79. The highest BCUT2D eigenvalue weighted by Crippen LogP contribution is 2.39. The van der Waals surface area contributed by atoms with Crippen LogP contribution in [0.3, 0.4) is 0 Å². The molecule has 3 rings (SSSR count). The number of carbonyl (C=O) groups excluding carboxylic acids is 2. The first kappa shape index (κ1) is 19.6. The number of likely N-dealkylation sites (tertiary alicyclic amines) is 1. The van der Waals surface area contributed by atoms with Crippen LogP contribution in [0.2, 0.25) is 0 Å². The molecule has 0 aromatic heterocycles. The van der Waals surface area contributed by atoms with E-state index in [0.29, 0.717) is 51.0 Å². The second kappa shape index (κ2) is 8.69. The van der Waals surface area contributed by atoms with Crippen molar-refractivity contribution in [3.63, 3.8) is 0 Å². The topological polar surface area (TPSA) is 103 Å². The SMILES string of the molecule is COCCOc1cccc(NC(=O)C(=O)N2CC(N)C3(CCOCC3)C2)c1. The van der Waals surface area contributed by atoms with Crippen LogP contribution in [0.4, 0.5) is 5.69 Å². The van der Waals surface area contributed by atoms with Gasteiger partial charge in [-0.05, 0) is 25.0 Å². The summed E-state index contributed by atoms with van der Waals surface area (Å²) in [5.74, 6) is -0.624. The molecule has 2 saturated heterocycles. The number of carbonyl (C=O) groups is 2. The second-order valence-electron chi connectivity index (χ2n) is 7.09. The Morgan fingerprint density at radius 2 is 2.11 bits per heavy atom. The summed E-state index contributed by atoms with van der Waals surface area (Å²) in [5, 5.41) is 2.65. The molecular formula is C19H27N3O5. The molecule has 148 valence electrons. The van der Waals surface area contributed by atoms with Gasteiger partial charge in [0.1, 0.15) is 12.4 Å². The van der Waals surface area contributed by atoms with E-state index in [2.05, 4.69) is 5.32 Å². The molecule has 2 amide bonds. The highest BCUT2D eigenvalue weighted by Gasteiger charge is 2.47. The van der Waals surface area contributed by atoms with E-state index in [0.717, 1.165) is 12.8 Å². The number of benzene rings is 1. The highest BCUT2D eigenvalue weighted by atomic mass is 16.5. The largest absolute Gasteiger partial charge is 0.491 e. The van der Waals surface area contributed by atoms with E-state index in [1.165, 1.54) is 0 Å². The zero-order valence-electron chi connectivity index (χ0n) is 15.6. The van der Waals surface area contributed by atoms with Gasteiger partial charge in [-0.2, -0.15) is 0 Å². The first-order chi connectivity index (χ1) is 13.0. The van der Waals surface area contributed by atoms with Gasteiger partial charge in [0.25, 0.3) is 0 Å². The van der Waals surface area contributed by atoms with E-state index in [-0.39, 0.29) is 11.5 Å². The smallest absolute Gasteiger partial charge is 0.313 e. The number of nitrogens with zero attached hydrogens (tertiary/aromatic N) is 1. The van der Waals surface area contributed by atoms with Crippen molar-refractivity contribution in [2.24, 2.45) is 11.1 Å². The summed E-state index contributed by atoms with van der Waals surface area (Å²) in [4.78, 5) is 26.6. The molecule has 0 saturated carbocycles. The predicted octanol–water partition coefficient (Wildman–Crippen LogP) is 0.617. The molecule has 2 heterocycles. The Balaban J connectivity index is 1.58. The zero-order chi connectivity index (χ0) is 19.3. The standard InChI is InChI=1S/C19H27N3O5/c1-25-9-10-27-15-4-2-3-14(11-15)21-17(23)18(24)22-12-16(20)19(13-22)5-7-26-8-6-19/h2-4,11,16H,5-10,12-13,20H2,1H3,(H,21,23). The van der Waals surface area contributed by atoms with Gasteiger partial charge in [0.2, 0.25) is 0 Å². The lowest BCUT2D eigenvalue weighted by molar-refractivity contribution is -0.142. The van der Waals surface area contributed by atoms with Gasteiger partial charge in [-0.1, -0.05) is 6.07 Å². The Bertz CT molecular complexity index is 675. The maximum Gasteiger partial charge on any atom is 0.313 e. The number of nitrogens with two attached hydrogens (primary N) is 1. The zero-order valence-corrected chi connectivity index (χ0v) is 15.6. The van der Waals surface area contributed by atoms with Crippen LogP contribution >= 0.6 is 0 Å². The summed E-state index contributed by atoms with van der Waals surface area (Å²) >= 11 is 0. The van der Waals surface area contributed by atoms with Gasteiger partial charge in [-0.15, -0.1) is 0 Å². The van der Waals surface area contributed by atoms with Crippen LogP contribution in [0.5, 0.6) is 5.75 Å². The van der Waals surface area contributed by atoms with Crippen molar-refractivity contribution in [3.05, 3.63) is 24.3 Å². The minimum absolute atomic E-state index is 0.129. The summed E-state index contributed by atoms with van der Waals surface area (Å²) in [7, 11) is 1.60. The van der Waals surface area contributed by atoms with E-state index in [1.54, 1.807) is 36.3 Å². The van der Waals surface area contributed by atoms with E-state index in [4.69, 9.17) is 19.9 Å². The molecule has 2 fully saturated rings. The number of hydrogen-bond acceptors (Lipinski definition) is 6. The monoisotopic (exact) mass is 377 g/mol. The molecule has 0 aliphatic carbocycles. The van der Waals surface area contributed by atoms with Gasteiger partial charge in [-0.25, -0.2) is 0 Å². The van der Waals surface area contributed by atoms with Crippen LogP contribution in [-0.4, -0.2) is 69.4 Å². The molecule has 3 N–H and O–H groups in total. The van der Waals surface area contributed by atoms with E-state index >= 15 is 0 Å². The van der Waals surface area contributed by atoms with Gasteiger partial charge >= 0.3 is 11.8 Å².